The molecule has 9 heteroatoms. The smallest absolute Gasteiger partial charge is 0.244 e. The highest BCUT2D eigenvalue weighted by Crippen LogP contribution is 2.39. The van der Waals surface area contributed by atoms with Gasteiger partial charge in [-0.1, -0.05) is 41.9 Å². The van der Waals surface area contributed by atoms with Crippen LogP contribution in [0.4, 0.5) is 0 Å². The number of carbonyl (C=O) groups is 1. The second-order valence-electron chi connectivity index (χ2n) is 8.25. The number of aryl methyl sites for hydroxylation is 2. The number of rotatable bonds is 6. The maximum Gasteiger partial charge on any atom is 0.244 e. The van der Waals surface area contributed by atoms with E-state index in [4.69, 9.17) is 11.6 Å². The number of aromatic nitrogens is 2. The van der Waals surface area contributed by atoms with E-state index in [0.29, 0.717) is 23.7 Å². The lowest BCUT2D eigenvalue weighted by molar-refractivity contribution is -0.125. The molecule has 0 spiro atoms. The number of sulfonamides is 1. The molecular formula is C24H27ClN4O3S. The number of halogens is 1. The van der Waals surface area contributed by atoms with Gasteiger partial charge in [0.15, 0.2) is 0 Å². The molecule has 1 aliphatic rings. The SMILES string of the molecule is Cc1n[nH]c(C)c1C(c1ccccc1)N(C1CCCCNC1=O)S(=O)(=O)c1ccc(Cl)cc1. The van der Waals surface area contributed by atoms with Crippen LogP contribution in [-0.2, 0) is 14.8 Å². The summed E-state index contributed by atoms with van der Waals surface area (Å²) in [6, 6.07) is 13.8. The Morgan fingerprint density at radius 2 is 1.76 bits per heavy atom. The quantitative estimate of drug-likeness (QED) is 0.547. The van der Waals surface area contributed by atoms with Crippen molar-refractivity contribution in [3.8, 4) is 0 Å². The van der Waals surface area contributed by atoms with Crippen molar-refractivity contribution in [3.05, 3.63) is 82.1 Å². The third kappa shape index (κ3) is 4.69. The Bertz CT molecular complexity index is 1210. The van der Waals surface area contributed by atoms with Crippen LogP contribution in [0.15, 0.2) is 59.5 Å². The van der Waals surface area contributed by atoms with Gasteiger partial charge in [0.2, 0.25) is 15.9 Å². The molecule has 2 aromatic carbocycles. The second-order valence-corrected chi connectivity index (χ2v) is 10.5. The molecule has 1 aliphatic heterocycles. The van der Waals surface area contributed by atoms with Gasteiger partial charge in [0.1, 0.15) is 6.04 Å². The van der Waals surface area contributed by atoms with Gasteiger partial charge in [0.25, 0.3) is 0 Å². The highest BCUT2D eigenvalue weighted by atomic mass is 35.5. The van der Waals surface area contributed by atoms with E-state index < -0.39 is 22.1 Å². The molecule has 0 radical (unpaired) electrons. The number of carbonyl (C=O) groups excluding carboxylic acids is 1. The van der Waals surface area contributed by atoms with Crippen LogP contribution in [0.25, 0.3) is 0 Å². The number of hydrogen-bond donors (Lipinski definition) is 2. The predicted octanol–water partition coefficient (Wildman–Crippen LogP) is 4.13. The summed E-state index contributed by atoms with van der Waals surface area (Å²) in [5.41, 5.74) is 2.95. The van der Waals surface area contributed by atoms with E-state index in [-0.39, 0.29) is 10.8 Å². The maximum atomic E-state index is 14.2. The summed E-state index contributed by atoms with van der Waals surface area (Å²) in [5.74, 6) is -0.287. The summed E-state index contributed by atoms with van der Waals surface area (Å²) in [6.07, 6.45) is 1.97. The second kappa shape index (κ2) is 9.67. The Morgan fingerprint density at radius 1 is 1.06 bits per heavy atom. The molecule has 2 N–H and O–H groups in total. The average Bonchev–Trinajstić information content (AvgIpc) is 2.99. The Morgan fingerprint density at radius 3 is 2.39 bits per heavy atom. The van der Waals surface area contributed by atoms with Crippen LogP contribution in [0.1, 0.15) is 47.8 Å². The van der Waals surface area contributed by atoms with Gasteiger partial charge in [-0.25, -0.2) is 8.42 Å². The van der Waals surface area contributed by atoms with Crippen molar-refractivity contribution in [1.82, 2.24) is 19.8 Å². The maximum absolute atomic E-state index is 14.2. The summed E-state index contributed by atoms with van der Waals surface area (Å²) in [5, 5.41) is 10.6. The molecule has 1 amide bonds. The molecule has 2 atom stereocenters. The number of nitrogens with zero attached hydrogens (tertiary/aromatic N) is 2. The predicted molar refractivity (Wildman–Crippen MR) is 127 cm³/mol. The Labute approximate surface area is 199 Å². The number of aromatic amines is 1. The summed E-state index contributed by atoms with van der Waals surface area (Å²) >= 11 is 6.03. The summed E-state index contributed by atoms with van der Waals surface area (Å²) in [4.78, 5) is 13.3. The van der Waals surface area contributed by atoms with E-state index in [2.05, 4.69) is 15.5 Å². The molecule has 0 saturated carbocycles. The zero-order chi connectivity index (χ0) is 23.6. The fraction of sp³-hybridized carbons (Fsp3) is 0.333. The van der Waals surface area contributed by atoms with Crippen molar-refractivity contribution in [2.24, 2.45) is 0 Å². The van der Waals surface area contributed by atoms with Crippen molar-refractivity contribution in [1.29, 1.82) is 0 Å². The first kappa shape index (κ1) is 23.5. The van der Waals surface area contributed by atoms with E-state index in [1.807, 2.05) is 44.2 Å². The summed E-state index contributed by atoms with van der Waals surface area (Å²) < 4.78 is 29.8. The Balaban J connectivity index is 1.98. The first-order valence-corrected chi connectivity index (χ1v) is 12.8. The van der Waals surface area contributed by atoms with Crippen molar-refractivity contribution >= 4 is 27.5 Å². The largest absolute Gasteiger partial charge is 0.355 e. The molecule has 2 unspecified atom stereocenters. The number of hydrogen-bond acceptors (Lipinski definition) is 4. The van der Waals surface area contributed by atoms with Gasteiger partial charge < -0.3 is 5.32 Å². The van der Waals surface area contributed by atoms with E-state index in [0.717, 1.165) is 29.7 Å². The lowest BCUT2D eigenvalue weighted by Crippen LogP contribution is -2.50. The molecule has 1 saturated heterocycles. The van der Waals surface area contributed by atoms with Crippen LogP contribution in [0, 0.1) is 13.8 Å². The van der Waals surface area contributed by atoms with Crippen LogP contribution in [0.5, 0.6) is 0 Å². The minimum atomic E-state index is -4.10. The molecule has 3 aromatic rings. The first-order valence-electron chi connectivity index (χ1n) is 10.9. The summed E-state index contributed by atoms with van der Waals surface area (Å²) in [7, 11) is -4.10. The topological polar surface area (TPSA) is 95.2 Å². The fourth-order valence-corrected chi connectivity index (χ4v) is 6.31. The molecule has 2 heterocycles. The average molecular weight is 487 g/mol. The molecule has 174 valence electrons. The third-order valence-electron chi connectivity index (χ3n) is 6.03. The first-order chi connectivity index (χ1) is 15.8. The van der Waals surface area contributed by atoms with Gasteiger partial charge >= 0.3 is 0 Å². The standard InChI is InChI=1S/C24H27ClN4O3S/c1-16-22(17(2)28-27-16)23(18-8-4-3-5-9-18)29(21-10-6-7-15-26-24(21)30)33(31,32)20-13-11-19(25)12-14-20/h3-5,8-9,11-14,21,23H,6-7,10,15H2,1-2H3,(H,26,30)(H,27,28). The van der Waals surface area contributed by atoms with E-state index in [9.17, 15) is 13.2 Å². The van der Waals surface area contributed by atoms with Crippen molar-refractivity contribution in [2.75, 3.05) is 6.54 Å². The van der Waals surface area contributed by atoms with Crippen LogP contribution in [0.2, 0.25) is 5.02 Å². The minimum absolute atomic E-state index is 0.0867. The van der Waals surface area contributed by atoms with E-state index >= 15 is 0 Å². The molecule has 1 aromatic heterocycles. The van der Waals surface area contributed by atoms with E-state index in [1.165, 1.54) is 16.4 Å². The van der Waals surface area contributed by atoms with Crippen LogP contribution >= 0.6 is 11.6 Å². The van der Waals surface area contributed by atoms with Crippen LogP contribution < -0.4 is 5.32 Å². The molecule has 4 rings (SSSR count). The molecule has 0 aliphatic carbocycles. The molecular weight excluding hydrogens is 460 g/mol. The van der Waals surface area contributed by atoms with Gasteiger partial charge in [0, 0.05) is 22.8 Å². The van der Waals surface area contributed by atoms with Gasteiger partial charge in [-0.05, 0) is 62.9 Å². The summed E-state index contributed by atoms with van der Waals surface area (Å²) in [6.45, 7) is 4.24. The fourth-order valence-electron chi connectivity index (χ4n) is 4.42. The Hall–Kier alpha value is -2.68. The molecule has 1 fully saturated rings. The lowest BCUT2D eigenvalue weighted by atomic mass is 9.95. The molecule has 0 bridgehead atoms. The van der Waals surface area contributed by atoms with Gasteiger partial charge in [-0.15, -0.1) is 0 Å². The molecule has 33 heavy (non-hydrogen) atoms. The zero-order valence-corrected chi connectivity index (χ0v) is 20.2. The normalized spacial score (nSPS) is 18.1. The van der Waals surface area contributed by atoms with Gasteiger partial charge in [-0.2, -0.15) is 9.40 Å². The van der Waals surface area contributed by atoms with Crippen LogP contribution in [0.3, 0.4) is 0 Å². The number of H-pyrrole nitrogens is 1. The lowest BCUT2D eigenvalue weighted by Gasteiger charge is -2.36. The third-order valence-corrected chi connectivity index (χ3v) is 8.17. The van der Waals surface area contributed by atoms with Gasteiger partial charge in [-0.3, -0.25) is 9.89 Å². The number of amides is 1. The van der Waals surface area contributed by atoms with Crippen molar-refractivity contribution < 1.29 is 13.2 Å². The number of benzene rings is 2. The van der Waals surface area contributed by atoms with Crippen molar-refractivity contribution in [2.45, 2.75) is 50.1 Å². The van der Waals surface area contributed by atoms with Crippen molar-refractivity contribution in [3.63, 3.8) is 0 Å². The monoisotopic (exact) mass is 486 g/mol. The minimum Gasteiger partial charge on any atom is -0.355 e. The van der Waals surface area contributed by atoms with Gasteiger partial charge in [0.05, 0.1) is 16.6 Å². The molecule has 7 nitrogen and oxygen atoms in total. The Kier molecular flexibility index (Phi) is 6.88. The zero-order valence-electron chi connectivity index (χ0n) is 18.6. The number of nitrogens with one attached hydrogen (secondary N) is 2. The van der Waals surface area contributed by atoms with Crippen LogP contribution in [-0.4, -0.2) is 41.4 Å². The van der Waals surface area contributed by atoms with E-state index in [1.54, 1.807) is 12.1 Å². The highest BCUT2D eigenvalue weighted by molar-refractivity contribution is 7.89. The highest BCUT2D eigenvalue weighted by Gasteiger charge is 2.43.